The molecule has 0 saturated carbocycles. The van der Waals surface area contributed by atoms with E-state index < -0.39 is 0 Å². The van der Waals surface area contributed by atoms with Crippen LogP contribution in [-0.4, -0.2) is 43.6 Å². The maximum atomic E-state index is 12.8. The molecule has 2 aromatic rings. The summed E-state index contributed by atoms with van der Waals surface area (Å²) in [6, 6.07) is 13.2. The zero-order valence-electron chi connectivity index (χ0n) is 14.4. The fourth-order valence-electron chi connectivity index (χ4n) is 3.10. The highest BCUT2D eigenvalue weighted by Crippen LogP contribution is 2.42. The number of ether oxygens (including phenoxy) is 3. The normalized spacial score (nSPS) is 18.5. The standard InChI is InChI=1S/C19H20N2O4S/c1-23-15-5-3-2-4-14(15)20-19(22)21-8-11-26-18(21)13-6-7-16-17(12-13)25-10-9-24-16/h2-7,12,18H,8-11H2,1H3,(H,20,22). The quantitative estimate of drug-likeness (QED) is 0.889. The predicted molar refractivity (Wildman–Crippen MR) is 101 cm³/mol. The number of para-hydroxylation sites is 2. The Morgan fingerprint density at radius 2 is 2.00 bits per heavy atom. The van der Waals surface area contributed by atoms with Gasteiger partial charge in [-0.1, -0.05) is 18.2 Å². The van der Waals surface area contributed by atoms with Gasteiger partial charge in [0.25, 0.3) is 0 Å². The van der Waals surface area contributed by atoms with Crippen LogP contribution in [0.3, 0.4) is 0 Å². The van der Waals surface area contributed by atoms with E-state index in [1.54, 1.807) is 18.9 Å². The molecule has 1 atom stereocenters. The first-order valence-corrected chi connectivity index (χ1v) is 9.53. The Bertz CT molecular complexity index is 814. The summed E-state index contributed by atoms with van der Waals surface area (Å²) in [6.07, 6.45) is 0. The molecule has 0 aromatic heterocycles. The molecule has 1 fully saturated rings. The van der Waals surface area contributed by atoms with E-state index in [1.165, 1.54) is 0 Å². The number of urea groups is 1. The van der Waals surface area contributed by atoms with Gasteiger partial charge in [-0.05, 0) is 29.8 Å². The molecule has 2 aliphatic heterocycles. The van der Waals surface area contributed by atoms with Gasteiger partial charge in [0.1, 0.15) is 24.3 Å². The Morgan fingerprint density at radius 1 is 1.19 bits per heavy atom. The number of fused-ring (bicyclic) bond motifs is 1. The number of methoxy groups -OCH3 is 1. The molecule has 0 bridgehead atoms. The number of thioether (sulfide) groups is 1. The lowest BCUT2D eigenvalue weighted by Gasteiger charge is -2.26. The molecule has 4 rings (SSSR count). The van der Waals surface area contributed by atoms with Gasteiger partial charge in [-0.2, -0.15) is 0 Å². The Kier molecular flexibility index (Phi) is 4.79. The second kappa shape index (κ2) is 7.37. The number of nitrogens with zero attached hydrogens (tertiary/aromatic N) is 1. The van der Waals surface area contributed by atoms with E-state index >= 15 is 0 Å². The lowest BCUT2D eigenvalue weighted by atomic mass is 10.1. The Hall–Kier alpha value is -2.54. The first-order valence-electron chi connectivity index (χ1n) is 8.48. The molecule has 26 heavy (non-hydrogen) atoms. The van der Waals surface area contributed by atoms with Crippen LogP contribution in [0.2, 0.25) is 0 Å². The Labute approximate surface area is 156 Å². The second-order valence-electron chi connectivity index (χ2n) is 5.95. The molecule has 2 amide bonds. The van der Waals surface area contributed by atoms with Crippen molar-refractivity contribution in [1.82, 2.24) is 4.90 Å². The summed E-state index contributed by atoms with van der Waals surface area (Å²) < 4.78 is 16.6. The van der Waals surface area contributed by atoms with E-state index in [9.17, 15) is 4.79 Å². The molecule has 0 spiro atoms. The molecule has 7 heteroatoms. The molecule has 2 aliphatic rings. The summed E-state index contributed by atoms with van der Waals surface area (Å²) in [4.78, 5) is 14.7. The SMILES string of the molecule is COc1ccccc1NC(=O)N1CCSC1c1ccc2c(c1)OCCO2. The molecule has 0 aliphatic carbocycles. The highest BCUT2D eigenvalue weighted by molar-refractivity contribution is 7.99. The molecular weight excluding hydrogens is 352 g/mol. The third kappa shape index (κ3) is 3.26. The van der Waals surface area contributed by atoms with Gasteiger partial charge < -0.3 is 24.4 Å². The zero-order chi connectivity index (χ0) is 17.9. The molecule has 1 N–H and O–H groups in total. The summed E-state index contributed by atoms with van der Waals surface area (Å²) >= 11 is 1.74. The lowest BCUT2D eigenvalue weighted by molar-refractivity contribution is 0.171. The minimum atomic E-state index is -0.139. The highest BCUT2D eigenvalue weighted by atomic mass is 32.2. The van der Waals surface area contributed by atoms with Crippen molar-refractivity contribution in [1.29, 1.82) is 0 Å². The minimum absolute atomic E-state index is 0.0551. The van der Waals surface area contributed by atoms with Crippen LogP contribution >= 0.6 is 11.8 Å². The van der Waals surface area contributed by atoms with Gasteiger partial charge in [-0.3, -0.25) is 0 Å². The van der Waals surface area contributed by atoms with Crippen molar-refractivity contribution < 1.29 is 19.0 Å². The average Bonchev–Trinajstić information content (AvgIpc) is 3.18. The summed E-state index contributed by atoms with van der Waals surface area (Å²) in [5.41, 5.74) is 1.70. The van der Waals surface area contributed by atoms with Crippen molar-refractivity contribution in [3.8, 4) is 17.2 Å². The van der Waals surface area contributed by atoms with Crippen molar-refractivity contribution in [2.45, 2.75) is 5.37 Å². The first-order chi connectivity index (χ1) is 12.8. The van der Waals surface area contributed by atoms with Gasteiger partial charge >= 0.3 is 6.03 Å². The van der Waals surface area contributed by atoms with Gasteiger partial charge in [0, 0.05) is 12.3 Å². The molecule has 1 saturated heterocycles. The maximum absolute atomic E-state index is 12.8. The molecule has 0 radical (unpaired) electrons. The number of carbonyl (C=O) groups excluding carboxylic acids is 1. The topological polar surface area (TPSA) is 60.0 Å². The smallest absolute Gasteiger partial charge is 0.323 e. The number of hydrogen-bond donors (Lipinski definition) is 1. The number of benzene rings is 2. The van der Waals surface area contributed by atoms with E-state index in [1.807, 2.05) is 47.4 Å². The summed E-state index contributed by atoms with van der Waals surface area (Å²) in [7, 11) is 1.59. The maximum Gasteiger partial charge on any atom is 0.323 e. The van der Waals surface area contributed by atoms with Crippen LogP contribution in [0.5, 0.6) is 17.2 Å². The Morgan fingerprint density at radius 3 is 2.85 bits per heavy atom. The zero-order valence-corrected chi connectivity index (χ0v) is 15.3. The van der Waals surface area contributed by atoms with Gasteiger partial charge in [0.05, 0.1) is 12.8 Å². The average molecular weight is 372 g/mol. The number of nitrogens with one attached hydrogen (secondary N) is 1. The van der Waals surface area contributed by atoms with E-state index in [0.717, 1.165) is 22.8 Å². The predicted octanol–water partition coefficient (Wildman–Crippen LogP) is 3.75. The number of hydrogen-bond acceptors (Lipinski definition) is 5. The van der Waals surface area contributed by atoms with Crippen molar-refractivity contribution in [2.24, 2.45) is 0 Å². The van der Waals surface area contributed by atoms with Gasteiger partial charge in [-0.15, -0.1) is 11.8 Å². The largest absolute Gasteiger partial charge is 0.495 e. The van der Waals surface area contributed by atoms with E-state index in [2.05, 4.69) is 5.32 Å². The van der Waals surface area contributed by atoms with Crippen LogP contribution in [0.1, 0.15) is 10.9 Å². The van der Waals surface area contributed by atoms with Crippen LogP contribution in [0, 0.1) is 0 Å². The second-order valence-corrected chi connectivity index (χ2v) is 7.14. The minimum Gasteiger partial charge on any atom is -0.495 e. The number of amides is 2. The third-order valence-corrected chi connectivity index (χ3v) is 5.61. The van der Waals surface area contributed by atoms with Crippen LogP contribution < -0.4 is 19.5 Å². The molecule has 2 heterocycles. The molecule has 2 aromatic carbocycles. The third-order valence-electron chi connectivity index (χ3n) is 4.35. The monoisotopic (exact) mass is 372 g/mol. The van der Waals surface area contributed by atoms with E-state index in [4.69, 9.17) is 14.2 Å². The summed E-state index contributed by atoms with van der Waals surface area (Å²) in [5.74, 6) is 3.03. The van der Waals surface area contributed by atoms with Gasteiger partial charge in [0.15, 0.2) is 11.5 Å². The van der Waals surface area contributed by atoms with Gasteiger partial charge in [0.2, 0.25) is 0 Å². The molecule has 1 unspecified atom stereocenters. The van der Waals surface area contributed by atoms with Crippen LogP contribution in [-0.2, 0) is 0 Å². The number of anilines is 1. The summed E-state index contributed by atoms with van der Waals surface area (Å²) in [6.45, 7) is 1.80. The number of carbonyl (C=O) groups is 1. The first kappa shape index (κ1) is 16.9. The van der Waals surface area contributed by atoms with Gasteiger partial charge in [-0.25, -0.2) is 4.79 Å². The van der Waals surface area contributed by atoms with E-state index in [-0.39, 0.29) is 11.4 Å². The lowest BCUT2D eigenvalue weighted by Crippen LogP contribution is -2.34. The van der Waals surface area contributed by atoms with Crippen molar-refractivity contribution >= 4 is 23.5 Å². The highest BCUT2D eigenvalue weighted by Gasteiger charge is 2.32. The van der Waals surface area contributed by atoms with Crippen molar-refractivity contribution in [3.05, 3.63) is 48.0 Å². The summed E-state index contributed by atoms with van der Waals surface area (Å²) in [5, 5.41) is 2.90. The molecule has 136 valence electrons. The van der Waals surface area contributed by atoms with Crippen LogP contribution in [0.25, 0.3) is 0 Å². The molecular formula is C19H20N2O4S. The van der Waals surface area contributed by atoms with E-state index in [0.29, 0.717) is 31.2 Å². The van der Waals surface area contributed by atoms with Crippen LogP contribution in [0.4, 0.5) is 10.5 Å². The van der Waals surface area contributed by atoms with Crippen molar-refractivity contribution in [2.75, 3.05) is 37.9 Å². The van der Waals surface area contributed by atoms with Crippen LogP contribution in [0.15, 0.2) is 42.5 Å². The number of rotatable bonds is 3. The molecule has 6 nitrogen and oxygen atoms in total. The Balaban J connectivity index is 1.54. The van der Waals surface area contributed by atoms with Crippen molar-refractivity contribution in [3.63, 3.8) is 0 Å². The fourth-order valence-corrected chi connectivity index (χ4v) is 4.35. The fraction of sp³-hybridized carbons (Fsp3) is 0.316.